The average molecular weight is 366 g/mol. The van der Waals surface area contributed by atoms with Crippen molar-refractivity contribution in [2.45, 2.75) is 65.5 Å². The van der Waals surface area contributed by atoms with Gasteiger partial charge < -0.3 is 15.5 Å². The fraction of sp³-hybridized carbons (Fsp3) is 0.900. The van der Waals surface area contributed by atoms with Crippen molar-refractivity contribution < 1.29 is 4.79 Å². The van der Waals surface area contributed by atoms with E-state index in [1.54, 1.807) is 0 Å². The van der Waals surface area contributed by atoms with E-state index in [-0.39, 0.29) is 11.8 Å². The first-order valence-electron chi connectivity index (χ1n) is 10.4. The Labute approximate surface area is 159 Å². The lowest BCUT2D eigenvalue weighted by atomic mass is 10.0. The number of guanidine groups is 1. The van der Waals surface area contributed by atoms with Crippen molar-refractivity contribution in [1.29, 1.82) is 0 Å². The zero-order valence-corrected chi connectivity index (χ0v) is 17.4. The van der Waals surface area contributed by atoms with Crippen LogP contribution < -0.4 is 10.6 Å². The number of nitrogens with zero attached hydrogens (tertiary/aromatic N) is 3. The lowest BCUT2D eigenvalue weighted by molar-refractivity contribution is -0.133. The molecule has 26 heavy (non-hydrogen) atoms. The normalized spacial score (nSPS) is 23.1. The minimum Gasteiger partial charge on any atom is -0.355 e. The van der Waals surface area contributed by atoms with Crippen molar-refractivity contribution in [1.82, 2.24) is 20.4 Å². The maximum absolute atomic E-state index is 12.2. The molecule has 6 heteroatoms. The van der Waals surface area contributed by atoms with Gasteiger partial charge in [-0.3, -0.25) is 14.7 Å². The predicted octanol–water partition coefficient (Wildman–Crippen LogP) is 1.92. The topological polar surface area (TPSA) is 60.0 Å². The summed E-state index contributed by atoms with van der Waals surface area (Å²) in [6.07, 6.45) is 4.84. The molecule has 6 nitrogen and oxygen atoms in total. The van der Waals surface area contributed by atoms with E-state index < -0.39 is 0 Å². The van der Waals surface area contributed by atoms with Gasteiger partial charge in [0.1, 0.15) is 0 Å². The van der Waals surface area contributed by atoms with E-state index in [1.165, 1.54) is 32.4 Å². The number of likely N-dealkylation sites (tertiary alicyclic amines) is 2. The molecule has 2 atom stereocenters. The molecule has 1 amide bonds. The van der Waals surface area contributed by atoms with E-state index >= 15 is 0 Å². The van der Waals surface area contributed by atoms with E-state index in [4.69, 9.17) is 0 Å². The summed E-state index contributed by atoms with van der Waals surface area (Å²) in [5, 5.41) is 7.05. The second kappa shape index (κ2) is 10.1. The van der Waals surface area contributed by atoms with Crippen LogP contribution in [0.2, 0.25) is 0 Å². The van der Waals surface area contributed by atoms with Crippen LogP contribution in [0.5, 0.6) is 0 Å². The van der Waals surface area contributed by atoms with Gasteiger partial charge in [0.2, 0.25) is 5.91 Å². The second-order valence-electron chi connectivity index (χ2n) is 8.55. The van der Waals surface area contributed by atoms with E-state index in [2.05, 4.69) is 34.4 Å². The Kier molecular flexibility index (Phi) is 8.19. The quantitative estimate of drug-likeness (QED) is 0.535. The molecule has 0 aromatic heterocycles. The maximum atomic E-state index is 12.2. The third kappa shape index (κ3) is 6.15. The highest BCUT2D eigenvalue weighted by Gasteiger charge is 2.28. The van der Waals surface area contributed by atoms with Crippen LogP contribution in [0.25, 0.3) is 0 Å². The van der Waals surface area contributed by atoms with Crippen LogP contribution in [0.1, 0.15) is 53.4 Å². The number of aliphatic imine (C=N–C) groups is 1. The van der Waals surface area contributed by atoms with Gasteiger partial charge in [0.25, 0.3) is 0 Å². The molecule has 0 spiro atoms. The highest BCUT2D eigenvalue weighted by Crippen LogP contribution is 2.17. The van der Waals surface area contributed by atoms with Gasteiger partial charge in [-0.1, -0.05) is 27.7 Å². The summed E-state index contributed by atoms with van der Waals surface area (Å²) in [6.45, 7) is 13.5. The van der Waals surface area contributed by atoms with Crippen molar-refractivity contribution in [2.75, 3.05) is 39.8 Å². The first-order chi connectivity index (χ1) is 12.4. The van der Waals surface area contributed by atoms with Crippen molar-refractivity contribution in [3.8, 4) is 0 Å². The van der Waals surface area contributed by atoms with Crippen LogP contribution in [-0.4, -0.2) is 73.5 Å². The first-order valence-corrected chi connectivity index (χ1v) is 10.4. The molecular formula is C20H39N5O. The summed E-state index contributed by atoms with van der Waals surface area (Å²) in [7, 11) is 1.83. The Morgan fingerprint density at radius 2 is 1.85 bits per heavy atom. The number of amides is 1. The fourth-order valence-corrected chi connectivity index (χ4v) is 4.06. The zero-order valence-electron chi connectivity index (χ0n) is 17.4. The predicted molar refractivity (Wildman–Crippen MR) is 108 cm³/mol. The largest absolute Gasteiger partial charge is 0.355 e. The van der Waals surface area contributed by atoms with Crippen molar-refractivity contribution in [3.05, 3.63) is 0 Å². The molecule has 2 N–H and O–H groups in total. The van der Waals surface area contributed by atoms with Crippen molar-refractivity contribution >= 4 is 11.9 Å². The number of hydrogen-bond donors (Lipinski definition) is 2. The molecule has 2 unspecified atom stereocenters. The Morgan fingerprint density at radius 3 is 2.42 bits per heavy atom. The lowest BCUT2D eigenvalue weighted by Crippen LogP contribution is -2.50. The van der Waals surface area contributed by atoms with Crippen LogP contribution in [-0.2, 0) is 4.79 Å². The van der Waals surface area contributed by atoms with Crippen LogP contribution in [0.4, 0.5) is 0 Å². The molecule has 0 saturated carbocycles. The Hall–Kier alpha value is -1.30. The van der Waals surface area contributed by atoms with Gasteiger partial charge in [0.05, 0.1) is 0 Å². The molecule has 2 aliphatic heterocycles. The fourth-order valence-electron chi connectivity index (χ4n) is 4.06. The average Bonchev–Trinajstić information content (AvgIpc) is 3.27. The molecule has 2 aliphatic rings. The van der Waals surface area contributed by atoms with Gasteiger partial charge >= 0.3 is 0 Å². The molecule has 150 valence electrons. The minimum atomic E-state index is 0.0726. The number of rotatable bonds is 7. The summed E-state index contributed by atoms with van der Waals surface area (Å²) >= 11 is 0. The van der Waals surface area contributed by atoms with Gasteiger partial charge in [-0.05, 0) is 44.7 Å². The Bertz CT molecular complexity index is 471. The first kappa shape index (κ1) is 21.0. The van der Waals surface area contributed by atoms with Gasteiger partial charge in [-0.15, -0.1) is 0 Å². The van der Waals surface area contributed by atoms with E-state index in [0.717, 1.165) is 32.0 Å². The van der Waals surface area contributed by atoms with Gasteiger partial charge in [-0.2, -0.15) is 0 Å². The molecule has 0 radical (unpaired) electrons. The monoisotopic (exact) mass is 365 g/mol. The molecule has 2 rings (SSSR count). The van der Waals surface area contributed by atoms with E-state index in [9.17, 15) is 4.79 Å². The van der Waals surface area contributed by atoms with Crippen molar-refractivity contribution in [3.63, 3.8) is 0 Å². The molecule has 0 aromatic rings. The summed E-state index contributed by atoms with van der Waals surface area (Å²) in [5.74, 6) is 1.89. The van der Waals surface area contributed by atoms with Crippen LogP contribution >= 0.6 is 0 Å². The molecule has 2 fully saturated rings. The third-order valence-electron chi connectivity index (χ3n) is 5.46. The maximum Gasteiger partial charge on any atom is 0.225 e. The van der Waals surface area contributed by atoms with Gasteiger partial charge in [-0.25, -0.2) is 0 Å². The Morgan fingerprint density at radius 1 is 1.15 bits per heavy atom. The second-order valence-corrected chi connectivity index (χ2v) is 8.55. The van der Waals surface area contributed by atoms with E-state index in [0.29, 0.717) is 18.0 Å². The number of carbonyl (C=O) groups excluding carboxylic acids is 1. The Balaban J connectivity index is 1.82. The number of hydrogen-bond acceptors (Lipinski definition) is 3. The smallest absolute Gasteiger partial charge is 0.225 e. The standard InChI is InChI=1S/C20H39N5O/c1-15(2)12-18(24-9-6-7-10-24)13-22-20(21-5)23-17-8-11-25(14-17)19(26)16(3)4/h15-18H,6-14H2,1-5H3,(H2,21,22,23). The molecule has 0 aromatic carbocycles. The van der Waals surface area contributed by atoms with Gasteiger partial charge in [0, 0.05) is 44.7 Å². The summed E-state index contributed by atoms with van der Waals surface area (Å²) in [4.78, 5) is 21.2. The summed E-state index contributed by atoms with van der Waals surface area (Å²) < 4.78 is 0. The highest BCUT2D eigenvalue weighted by molar-refractivity contribution is 5.81. The lowest BCUT2D eigenvalue weighted by Gasteiger charge is -2.30. The van der Waals surface area contributed by atoms with Crippen molar-refractivity contribution in [2.24, 2.45) is 16.8 Å². The zero-order chi connectivity index (χ0) is 19.1. The van der Waals surface area contributed by atoms with E-state index in [1.807, 2.05) is 25.8 Å². The molecule has 2 saturated heterocycles. The van der Waals surface area contributed by atoms with Crippen LogP contribution in [0.3, 0.4) is 0 Å². The number of nitrogens with one attached hydrogen (secondary N) is 2. The summed E-state index contributed by atoms with van der Waals surface area (Å²) in [5.41, 5.74) is 0. The van der Waals surface area contributed by atoms with Crippen LogP contribution in [0.15, 0.2) is 4.99 Å². The molecular weight excluding hydrogens is 326 g/mol. The van der Waals surface area contributed by atoms with Gasteiger partial charge in [0.15, 0.2) is 5.96 Å². The summed E-state index contributed by atoms with van der Waals surface area (Å²) in [6, 6.07) is 0.859. The third-order valence-corrected chi connectivity index (χ3v) is 5.46. The molecule has 0 bridgehead atoms. The number of carbonyl (C=O) groups is 1. The highest BCUT2D eigenvalue weighted by atomic mass is 16.2. The molecule has 0 aliphatic carbocycles. The SMILES string of the molecule is CN=C(NCC(CC(C)C)N1CCCC1)NC1CCN(C(=O)C(C)C)C1. The minimum absolute atomic E-state index is 0.0726. The van der Waals surface area contributed by atoms with Crippen LogP contribution in [0, 0.1) is 11.8 Å². The molecule has 2 heterocycles.